The summed E-state index contributed by atoms with van der Waals surface area (Å²) in [6, 6.07) is 14.3. The van der Waals surface area contributed by atoms with Gasteiger partial charge in [0.25, 0.3) is 0 Å². The Morgan fingerprint density at radius 2 is 2.05 bits per heavy atom. The average molecular weight is 271 g/mol. The molecule has 0 aromatic heterocycles. The number of nitrogens with one attached hydrogen (secondary N) is 1. The first kappa shape index (κ1) is 13.6. The van der Waals surface area contributed by atoms with E-state index in [1.165, 1.54) is 10.8 Å². The Labute approximate surface area is 119 Å². The maximum absolute atomic E-state index is 10.3. The summed E-state index contributed by atoms with van der Waals surface area (Å²) < 4.78 is 5.55. The van der Waals surface area contributed by atoms with Gasteiger partial charge in [-0.1, -0.05) is 36.4 Å². The lowest BCUT2D eigenvalue weighted by Gasteiger charge is -2.15. The molecule has 0 spiro atoms. The van der Waals surface area contributed by atoms with Gasteiger partial charge < -0.3 is 15.2 Å². The minimum atomic E-state index is -0.471. The number of rotatable bonds is 5. The number of benzene rings is 2. The molecule has 2 aromatic carbocycles. The van der Waals surface area contributed by atoms with Gasteiger partial charge in [-0.25, -0.2) is 0 Å². The van der Waals surface area contributed by atoms with E-state index >= 15 is 0 Å². The lowest BCUT2D eigenvalue weighted by molar-refractivity contribution is 0.103. The fourth-order valence-corrected chi connectivity index (χ4v) is 2.72. The number of aliphatic hydroxyl groups is 1. The predicted octanol–water partition coefficient (Wildman–Crippen LogP) is 2.64. The van der Waals surface area contributed by atoms with E-state index < -0.39 is 6.10 Å². The van der Waals surface area contributed by atoms with Crippen molar-refractivity contribution in [3.8, 4) is 0 Å². The minimum Gasteiger partial charge on any atom is -0.387 e. The summed E-state index contributed by atoms with van der Waals surface area (Å²) in [5, 5.41) is 15.9. The van der Waals surface area contributed by atoms with E-state index in [2.05, 4.69) is 29.6 Å². The second-order valence-electron chi connectivity index (χ2n) is 5.42. The largest absolute Gasteiger partial charge is 0.387 e. The Bertz CT molecular complexity index is 564. The second-order valence-corrected chi connectivity index (χ2v) is 5.42. The van der Waals surface area contributed by atoms with Gasteiger partial charge >= 0.3 is 0 Å². The zero-order chi connectivity index (χ0) is 13.8. The lowest BCUT2D eigenvalue weighted by atomic mass is 10.0. The van der Waals surface area contributed by atoms with Crippen LogP contribution in [-0.4, -0.2) is 30.9 Å². The molecule has 1 aliphatic rings. The van der Waals surface area contributed by atoms with Crippen LogP contribution in [-0.2, 0) is 4.74 Å². The van der Waals surface area contributed by atoms with E-state index in [1.54, 1.807) is 0 Å². The summed E-state index contributed by atoms with van der Waals surface area (Å²) >= 11 is 0. The van der Waals surface area contributed by atoms with Crippen LogP contribution in [0.25, 0.3) is 10.8 Å². The Balaban J connectivity index is 1.58. The molecule has 0 saturated carbocycles. The molecule has 2 atom stereocenters. The summed E-state index contributed by atoms with van der Waals surface area (Å²) in [5.41, 5.74) is 0.962. The number of hydrogen-bond acceptors (Lipinski definition) is 3. The van der Waals surface area contributed by atoms with Gasteiger partial charge in [-0.15, -0.1) is 0 Å². The molecule has 2 aromatic rings. The van der Waals surface area contributed by atoms with Crippen molar-refractivity contribution < 1.29 is 9.84 Å². The first-order chi connectivity index (χ1) is 9.83. The van der Waals surface area contributed by atoms with E-state index in [0.717, 1.165) is 31.6 Å². The molecule has 0 amide bonds. The molecule has 106 valence electrons. The SMILES string of the molecule is OC(CNCC1CCCO1)c1ccc2ccccc2c1. The fourth-order valence-electron chi connectivity index (χ4n) is 2.72. The Morgan fingerprint density at radius 3 is 2.85 bits per heavy atom. The number of ether oxygens (including phenoxy) is 1. The summed E-state index contributed by atoms with van der Waals surface area (Å²) in [6.45, 7) is 2.27. The van der Waals surface area contributed by atoms with Crippen LogP contribution in [0, 0.1) is 0 Å². The van der Waals surface area contributed by atoms with Crippen molar-refractivity contribution in [1.29, 1.82) is 0 Å². The summed E-state index contributed by atoms with van der Waals surface area (Å²) in [7, 11) is 0. The van der Waals surface area contributed by atoms with E-state index in [0.29, 0.717) is 12.6 Å². The van der Waals surface area contributed by atoms with Gasteiger partial charge in [-0.05, 0) is 35.2 Å². The number of hydrogen-bond donors (Lipinski definition) is 2. The van der Waals surface area contributed by atoms with Crippen molar-refractivity contribution in [2.24, 2.45) is 0 Å². The summed E-state index contributed by atoms with van der Waals surface area (Å²) in [5.74, 6) is 0. The van der Waals surface area contributed by atoms with Gasteiger partial charge in [0.15, 0.2) is 0 Å². The highest BCUT2D eigenvalue weighted by molar-refractivity contribution is 5.83. The maximum Gasteiger partial charge on any atom is 0.0914 e. The third kappa shape index (κ3) is 3.18. The van der Waals surface area contributed by atoms with Gasteiger partial charge in [0, 0.05) is 19.7 Å². The van der Waals surface area contributed by atoms with Crippen molar-refractivity contribution in [3.05, 3.63) is 48.0 Å². The molecule has 2 unspecified atom stereocenters. The van der Waals surface area contributed by atoms with Crippen LogP contribution in [0.5, 0.6) is 0 Å². The van der Waals surface area contributed by atoms with Crippen LogP contribution in [0.15, 0.2) is 42.5 Å². The first-order valence-corrected chi connectivity index (χ1v) is 7.32. The Kier molecular flexibility index (Phi) is 4.31. The van der Waals surface area contributed by atoms with Crippen LogP contribution in [0.1, 0.15) is 24.5 Å². The molecule has 1 heterocycles. The fraction of sp³-hybridized carbons (Fsp3) is 0.412. The molecule has 1 fully saturated rings. The van der Waals surface area contributed by atoms with Crippen LogP contribution in [0.2, 0.25) is 0 Å². The highest BCUT2D eigenvalue weighted by Crippen LogP contribution is 2.20. The highest BCUT2D eigenvalue weighted by atomic mass is 16.5. The molecular formula is C17H21NO2. The van der Waals surface area contributed by atoms with Crippen molar-refractivity contribution in [3.63, 3.8) is 0 Å². The monoisotopic (exact) mass is 271 g/mol. The zero-order valence-electron chi connectivity index (χ0n) is 11.6. The van der Waals surface area contributed by atoms with Gasteiger partial charge in [0.05, 0.1) is 12.2 Å². The van der Waals surface area contributed by atoms with Crippen molar-refractivity contribution in [2.45, 2.75) is 25.0 Å². The van der Waals surface area contributed by atoms with E-state index in [1.807, 2.05) is 18.2 Å². The van der Waals surface area contributed by atoms with Gasteiger partial charge in [-0.2, -0.15) is 0 Å². The lowest BCUT2D eigenvalue weighted by Crippen LogP contribution is -2.29. The highest BCUT2D eigenvalue weighted by Gasteiger charge is 2.15. The van der Waals surface area contributed by atoms with Gasteiger partial charge in [0.2, 0.25) is 0 Å². The Hall–Kier alpha value is -1.42. The quantitative estimate of drug-likeness (QED) is 0.878. The second kappa shape index (κ2) is 6.35. The smallest absolute Gasteiger partial charge is 0.0914 e. The molecule has 0 radical (unpaired) electrons. The van der Waals surface area contributed by atoms with Crippen molar-refractivity contribution in [2.75, 3.05) is 19.7 Å². The van der Waals surface area contributed by atoms with Gasteiger partial charge in [-0.3, -0.25) is 0 Å². The summed E-state index contributed by atoms with van der Waals surface area (Å²) in [4.78, 5) is 0. The third-order valence-corrected chi connectivity index (χ3v) is 3.89. The predicted molar refractivity (Wildman–Crippen MR) is 80.8 cm³/mol. The summed E-state index contributed by atoms with van der Waals surface area (Å²) in [6.07, 6.45) is 2.12. The third-order valence-electron chi connectivity index (χ3n) is 3.89. The molecule has 1 saturated heterocycles. The molecule has 20 heavy (non-hydrogen) atoms. The number of aliphatic hydroxyl groups excluding tert-OH is 1. The molecule has 2 N–H and O–H groups in total. The Morgan fingerprint density at radius 1 is 1.20 bits per heavy atom. The molecule has 3 nitrogen and oxygen atoms in total. The molecular weight excluding hydrogens is 250 g/mol. The van der Waals surface area contributed by atoms with E-state index in [4.69, 9.17) is 4.74 Å². The van der Waals surface area contributed by atoms with Crippen LogP contribution in [0.4, 0.5) is 0 Å². The first-order valence-electron chi connectivity index (χ1n) is 7.32. The molecule has 3 rings (SSSR count). The zero-order valence-corrected chi connectivity index (χ0v) is 11.6. The molecule has 0 aliphatic carbocycles. The van der Waals surface area contributed by atoms with E-state index in [9.17, 15) is 5.11 Å². The van der Waals surface area contributed by atoms with Crippen molar-refractivity contribution >= 4 is 10.8 Å². The van der Waals surface area contributed by atoms with Crippen molar-refractivity contribution in [1.82, 2.24) is 5.32 Å². The van der Waals surface area contributed by atoms with Crippen LogP contribution < -0.4 is 5.32 Å². The number of fused-ring (bicyclic) bond motifs is 1. The standard InChI is InChI=1S/C17H21NO2/c19-17(12-18-11-16-6-3-9-20-16)15-8-7-13-4-1-2-5-14(13)10-15/h1-2,4-5,7-8,10,16-19H,3,6,9,11-12H2. The normalized spacial score (nSPS) is 20.4. The van der Waals surface area contributed by atoms with E-state index in [-0.39, 0.29) is 0 Å². The average Bonchev–Trinajstić information content (AvgIpc) is 3.00. The molecule has 1 aliphatic heterocycles. The molecule has 0 bridgehead atoms. The van der Waals surface area contributed by atoms with Crippen LogP contribution >= 0.6 is 0 Å². The van der Waals surface area contributed by atoms with Crippen LogP contribution in [0.3, 0.4) is 0 Å². The van der Waals surface area contributed by atoms with Gasteiger partial charge in [0.1, 0.15) is 0 Å². The maximum atomic E-state index is 10.3. The topological polar surface area (TPSA) is 41.5 Å². The minimum absolute atomic E-state index is 0.318. The molecule has 3 heteroatoms.